The molecule has 0 saturated carbocycles. The van der Waals surface area contributed by atoms with Crippen LogP contribution in [0.25, 0.3) is 0 Å². The van der Waals surface area contributed by atoms with Gasteiger partial charge in [-0.2, -0.15) is 15.0 Å². The predicted molar refractivity (Wildman–Crippen MR) is 74.7 cm³/mol. The summed E-state index contributed by atoms with van der Waals surface area (Å²) in [5.41, 5.74) is -0.285. The van der Waals surface area contributed by atoms with Gasteiger partial charge in [-0.25, -0.2) is 0 Å². The predicted octanol–water partition coefficient (Wildman–Crippen LogP) is 1.54. The fourth-order valence-corrected chi connectivity index (χ4v) is 1.50. The summed E-state index contributed by atoms with van der Waals surface area (Å²) in [4.78, 5) is 12.5. The zero-order chi connectivity index (χ0) is 14.3. The summed E-state index contributed by atoms with van der Waals surface area (Å²) in [6.07, 6.45) is 0. The van der Waals surface area contributed by atoms with E-state index in [0.717, 1.165) is 6.54 Å². The number of nitrogens with zero attached hydrogens (tertiary/aromatic N) is 3. The van der Waals surface area contributed by atoms with Crippen molar-refractivity contribution in [2.75, 3.05) is 37.4 Å². The van der Waals surface area contributed by atoms with E-state index in [9.17, 15) is 0 Å². The maximum Gasteiger partial charge on any atom is 0.322 e. The Kier molecular flexibility index (Phi) is 5.75. The van der Waals surface area contributed by atoms with Crippen LogP contribution in [-0.2, 0) is 4.74 Å². The summed E-state index contributed by atoms with van der Waals surface area (Å²) in [5, 5.41) is 6.17. The molecule has 1 heterocycles. The fourth-order valence-electron chi connectivity index (χ4n) is 1.50. The fraction of sp³-hybridized carbons (Fsp3) is 0.750. The van der Waals surface area contributed by atoms with Gasteiger partial charge in [0.15, 0.2) is 0 Å². The van der Waals surface area contributed by atoms with Gasteiger partial charge in [-0.05, 0) is 27.7 Å². The molecule has 0 amide bonds. The molecule has 0 saturated heterocycles. The summed E-state index contributed by atoms with van der Waals surface area (Å²) in [6, 6.07) is 0.280. The third-order valence-electron chi connectivity index (χ3n) is 2.34. The molecule has 0 radical (unpaired) electrons. The third-order valence-corrected chi connectivity index (χ3v) is 2.34. The van der Waals surface area contributed by atoms with Crippen LogP contribution in [0.1, 0.15) is 27.7 Å². The third kappa shape index (κ3) is 5.25. The van der Waals surface area contributed by atoms with E-state index in [4.69, 9.17) is 9.47 Å². The number of anilines is 2. The minimum atomic E-state index is -0.285. The molecule has 0 bridgehead atoms. The van der Waals surface area contributed by atoms with Gasteiger partial charge in [0.1, 0.15) is 0 Å². The van der Waals surface area contributed by atoms with Crippen LogP contribution in [0.5, 0.6) is 6.01 Å². The maximum absolute atomic E-state index is 5.60. The van der Waals surface area contributed by atoms with E-state index in [-0.39, 0.29) is 11.6 Å². The second-order valence-electron chi connectivity index (χ2n) is 4.55. The van der Waals surface area contributed by atoms with Crippen molar-refractivity contribution < 1.29 is 9.47 Å². The lowest BCUT2D eigenvalue weighted by molar-refractivity contribution is 0.000570. The van der Waals surface area contributed by atoms with E-state index in [2.05, 4.69) is 25.6 Å². The first-order valence-electron chi connectivity index (χ1n) is 6.42. The van der Waals surface area contributed by atoms with Crippen molar-refractivity contribution in [1.82, 2.24) is 15.0 Å². The smallest absolute Gasteiger partial charge is 0.322 e. The lowest BCUT2D eigenvalue weighted by Gasteiger charge is -2.24. The average Bonchev–Trinajstić information content (AvgIpc) is 2.36. The molecule has 0 fully saturated rings. The number of rotatable bonds is 8. The molecule has 0 unspecified atom stereocenters. The van der Waals surface area contributed by atoms with Crippen molar-refractivity contribution in [3.63, 3.8) is 0 Å². The van der Waals surface area contributed by atoms with Crippen LogP contribution in [0.15, 0.2) is 0 Å². The maximum atomic E-state index is 5.60. The normalized spacial score (nSPS) is 11.2. The van der Waals surface area contributed by atoms with Crippen molar-refractivity contribution in [3.8, 4) is 6.01 Å². The standard InChI is InChI=1S/C12H23N5O2/c1-6-13-9-15-10(17-11(16-9)18-5)14-8-12(3,4)19-7-2/h6-8H2,1-5H3,(H2,13,14,15,16,17). The Bertz CT molecular complexity index is 398. The molecule has 0 aliphatic carbocycles. The van der Waals surface area contributed by atoms with E-state index in [1.807, 2.05) is 27.7 Å². The zero-order valence-electron chi connectivity index (χ0n) is 12.3. The molecular formula is C12H23N5O2. The number of methoxy groups -OCH3 is 1. The lowest BCUT2D eigenvalue weighted by atomic mass is 10.1. The SMILES string of the molecule is CCNc1nc(NCC(C)(C)OCC)nc(OC)n1. The largest absolute Gasteiger partial charge is 0.467 e. The highest BCUT2D eigenvalue weighted by Gasteiger charge is 2.18. The van der Waals surface area contributed by atoms with Crippen LogP contribution < -0.4 is 15.4 Å². The summed E-state index contributed by atoms with van der Waals surface area (Å²) < 4.78 is 10.7. The van der Waals surface area contributed by atoms with E-state index in [0.29, 0.717) is 25.0 Å². The van der Waals surface area contributed by atoms with Crippen LogP contribution >= 0.6 is 0 Å². The molecule has 7 nitrogen and oxygen atoms in total. The van der Waals surface area contributed by atoms with Crippen molar-refractivity contribution in [1.29, 1.82) is 0 Å². The highest BCUT2D eigenvalue weighted by atomic mass is 16.5. The second kappa shape index (κ2) is 7.08. The first-order valence-corrected chi connectivity index (χ1v) is 6.42. The quantitative estimate of drug-likeness (QED) is 0.740. The topological polar surface area (TPSA) is 81.2 Å². The molecule has 0 atom stereocenters. The van der Waals surface area contributed by atoms with Gasteiger partial charge < -0.3 is 20.1 Å². The molecule has 0 aliphatic rings. The minimum Gasteiger partial charge on any atom is -0.467 e. The van der Waals surface area contributed by atoms with E-state index in [1.54, 1.807) is 0 Å². The Morgan fingerprint density at radius 1 is 1.05 bits per heavy atom. The molecule has 1 rings (SSSR count). The molecule has 7 heteroatoms. The second-order valence-corrected chi connectivity index (χ2v) is 4.55. The van der Waals surface area contributed by atoms with Gasteiger partial charge in [-0.1, -0.05) is 0 Å². The Balaban J connectivity index is 2.74. The Morgan fingerprint density at radius 2 is 1.68 bits per heavy atom. The molecular weight excluding hydrogens is 246 g/mol. The highest BCUT2D eigenvalue weighted by Crippen LogP contribution is 2.13. The van der Waals surface area contributed by atoms with E-state index < -0.39 is 0 Å². The number of hydrogen-bond donors (Lipinski definition) is 2. The summed E-state index contributed by atoms with van der Waals surface area (Å²) in [6.45, 7) is 9.95. The lowest BCUT2D eigenvalue weighted by Crippen LogP contribution is -2.34. The van der Waals surface area contributed by atoms with Gasteiger partial charge in [-0.3, -0.25) is 0 Å². The van der Waals surface area contributed by atoms with Crippen LogP contribution in [0.4, 0.5) is 11.9 Å². The number of aromatic nitrogens is 3. The van der Waals surface area contributed by atoms with Gasteiger partial charge in [0.2, 0.25) is 11.9 Å². The van der Waals surface area contributed by atoms with Crippen LogP contribution in [0, 0.1) is 0 Å². The van der Waals surface area contributed by atoms with Crippen LogP contribution in [0.3, 0.4) is 0 Å². The number of ether oxygens (including phenoxy) is 2. The van der Waals surface area contributed by atoms with Crippen molar-refractivity contribution >= 4 is 11.9 Å². The van der Waals surface area contributed by atoms with Gasteiger partial charge in [0.25, 0.3) is 0 Å². The molecule has 0 spiro atoms. The molecule has 1 aromatic heterocycles. The summed E-state index contributed by atoms with van der Waals surface area (Å²) in [7, 11) is 1.53. The van der Waals surface area contributed by atoms with Gasteiger partial charge in [-0.15, -0.1) is 0 Å². The highest BCUT2D eigenvalue weighted by molar-refractivity contribution is 5.36. The van der Waals surface area contributed by atoms with E-state index >= 15 is 0 Å². The van der Waals surface area contributed by atoms with Crippen LogP contribution in [-0.4, -0.2) is 47.4 Å². The molecule has 0 aromatic carbocycles. The first-order chi connectivity index (χ1) is 9.00. The molecule has 19 heavy (non-hydrogen) atoms. The minimum absolute atomic E-state index is 0.280. The van der Waals surface area contributed by atoms with Gasteiger partial charge >= 0.3 is 6.01 Å². The Hall–Kier alpha value is -1.63. The van der Waals surface area contributed by atoms with Crippen molar-refractivity contribution in [2.24, 2.45) is 0 Å². The van der Waals surface area contributed by atoms with Crippen molar-refractivity contribution in [2.45, 2.75) is 33.3 Å². The van der Waals surface area contributed by atoms with Crippen LogP contribution in [0.2, 0.25) is 0 Å². The summed E-state index contributed by atoms with van der Waals surface area (Å²) in [5.74, 6) is 0.960. The molecule has 1 aromatic rings. The Morgan fingerprint density at radius 3 is 2.21 bits per heavy atom. The number of hydrogen-bond acceptors (Lipinski definition) is 7. The van der Waals surface area contributed by atoms with E-state index in [1.165, 1.54) is 7.11 Å². The molecule has 2 N–H and O–H groups in total. The summed E-state index contributed by atoms with van der Waals surface area (Å²) >= 11 is 0. The van der Waals surface area contributed by atoms with Gasteiger partial charge in [0.05, 0.1) is 12.7 Å². The average molecular weight is 269 g/mol. The van der Waals surface area contributed by atoms with Gasteiger partial charge in [0, 0.05) is 19.7 Å². The Labute approximate surface area is 114 Å². The molecule has 108 valence electrons. The first kappa shape index (κ1) is 15.4. The monoisotopic (exact) mass is 269 g/mol. The zero-order valence-corrected chi connectivity index (χ0v) is 12.3. The van der Waals surface area contributed by atoms with Crippen molar-refractivity contribution in [3.05, 3.63) is 0 Å². The molecule has 0 aliphatic heterocycles. The number of nitrogens with one attached hydrogen (secondary N) is 2.